The number of cyclic esters (lactones) is 1. The van der Waals surface area contributed by atoms with Crippen molar-refractivity contribution in [2.45, 2.75) is 50.9 Å². The lowest BCUT2D eigenvalue weighted by molar-refractivity contribution is -0.246. The molecule has 0 amide bonds. The average Bonchev–Trinajstić information content (AvgIpc) is 2.99. The first-order valence-corrected chi connectivity index (χ1v) is 9.71. The molecule has 4 saturated carbocycles. The van der Waals surface area contributed by atoms with E-state index in [1.165, 1.54) is 6.92 Å². The molecule has 4 aliphatic carbocycles. The van der Waals surface area contributed by atoms with E-state index < -0.39 is 64.2 Å². The van der Waals surface area contributed by atoms with Crippen LogP contribution in [0.15, 0.2) is 12.2 Å². The molecule has 7 nitrogen and oxygen atoms in total. The minimum absolute atomic E-state index is 0.0136. The predicted molar refractivity (Wildman–Crippen MR) is 91.2 cm³/mol. The highest BCUT2D eigenvalue weighted by atomic mass is 16.5. The number of aliphatic hydroxyl groups excluding tert-OH is 3. The fraction of sp³-hybridized carbons (Fsp3) is 0.800. The molecule has 5 aliphatic rings. The van der Waals surface area contributed by atoms with Crippen LogP contribution in [0.5, 0.6) is 0 Å². The Bertz CT molecular complexity index is 763. The minimum Gasteiger partial charge on any atom is -0.481 e. The molecule has 5 rings (SSSR count). The van der Waals surface area contributed by atoms with Crippen LogP contribution in [0.2, 0.25) is 0 Å². The third-order valence-corrected chi connectivity index (χ3v) is 8.87. The van der Waals surface area contributed by atoms with E-state index >= 15 is 0 Å². The first kappa shape index (κ1) is 17.6. The van der Waals surface area contributed by atoms with Gasteiger partial charge in [0.25, 0.3) is 0 Å². The number of allylic oxidation sites excluding steroid dienone is 1. The molecular weight excluding hydrogens is 352 g/mol. The van der Waals surface area contributed by atoms with Gasteiger partial charge in [0.1, 0.15) is 0 Å². The molecule has 1 aliphatic heterocycles. The van der Waals surface area contributed by atoms with Crippen molar-refractivity contribution in [2.75, 3.05) is 6.61 Å². The van der Waals surface area contributed by atoms with Crippen LogP contribution in [0.1, 0.15) is 32.6 Å². The molecule has 1 saturated heterocycles. The summed E-state index contributed by atoms with van der Waals surface area (Å²) >= 11 is 0. The molecule has 0 radical (unpaired) electrons. The van der Waals surface area contributed by atoms with Gasteiger partial charge in [-0.05, 0) is 43.9 Å². The molecule has 4 bridgehead atoms. The second-order valence-electron chi connectivity index (χ2n) is 9.85. The zero-order chi connectivity index (χ0) is 19.5. The van der Waals surface area contributed by atoms with Crippen LogP contribution >= 0.6 is 0 Å². The number of rotatable bonds is 1. The second kappa shape index (κ2) is 4.93. The summed E-state index contributed by atoms with van der Waals surface area (Å²) in [7, 11) is 0. The lowest BCUT2D eigenvalue weighted by Crippen LogP contribution is -2.68. The number of carbonyl (C=O) groups is 2. The molecule has 0 unspecified atom stereocenters. The van der Waals surface area contributed by atoms with Gasteiger partial charge >= 0.3 is 11.9 Å². The maximum atomic E-state index is 12.8. The van der Waals surface area contributed by atoms with Gasteiger partial charge in [0.15, 0.2) is 0 Å². The standard InChI is InChI=1S/C20H26O7/c1-8-4-19-5-9(8)3-10(21)13(19)20-6-11(22)15(23)18(2,17(26)27-7-20)14(20)12(19)16(24)25/h9-15,21-23H,1,3-7H2,2H3,(H,24,25)/t9-,10+,11+,12-,13-,14-,15+,18+,19-,20-/m1/s1. The lowest BCUT2D eigenvalue weighted by atomic mass is 9.49. The molecule has 148 valence electrons. The van der Waals surface area contributed by atoms with Crippen molar-refractivity contribution in [1.29, 1.82) is 0 Å². The monoisotopic (exact) mass is 378 g/mol. The zero-order valence-corrected chi connectivity index (χ0v) is 15.3. The Labute approximate surface area is 157 Å². The van der Waals surface area contributed by atoms with Crippen molar-refractivity contribution in [3.05, 3.63) is 12.2 Å². The van der Waals surface area contributed by atoms with Crippen LogP contribution in [0.3, 0.4) is 0 Å². The van der Waals surface area contributed by atoms with E-state index in [1.807, 2.05) is 0 Å². The number of aliphatic carboxylic acids is 1. The second-order valence-corrected chi connectivity index (χ2v) is 9.85. The Kier molecular flexibility index (Phi) is 3.22. The van der Waals surface area contributed by atoms with E-state index in [0.29, 0.717) is 19.3 Å². The SMILES string of the molecule is C=C1C[C@]23C[C@H]1C[C@H](O)[C@H]2[C@]12COC(=O)[C@](C)([C@@H](O)[C@@H](O)C1)[C@H]2[C@@H]3C(=O)O. The van der Waals surface area contributed by atoms with Gasteiger partial charge in [0, 0.05) is 17.3 Å². The highest BCUT2D eigenvalue weighted by Gasteiger charge is 2.82. The smallest absolute Gasteiger partial charge is 0.314 e. The van der Waals surface area contributed by atoms with Crippen LogP contribution in [-0.2, 0) is 14.3 Å². The van der Waals surface area contributed by atoms with Gasteiger partial charge in [-0.1, -0.05) is 12.2 Å². The van der Waals surface area contributed by atoms with Crippen LogP contribution in [0.25, 0.3) is 0 Å². The fourth-order valence-electron chi connectivity index (χ4n) is 8.30. The molecule has 0 aromatic heterocycles. The van der Waals surface area contributed by atoms with E-state index in [0.717, 1.165) is 5.57 Å². The zero-order valence-electron chi connectivity index (χ0n) is 15.3. The van der Waals surface area contributed by atoms with E-state index in [1.54, 1.807) is 0 Å². The highest BCUT2D eigenvalue weighted by Crippen LogP contribution is 2.78. The number of hydrogen-bond acceptors (Lipinski definition) is 6. The van der Waals surface area contributed by atoms with E-state index in [4.69, 9.17) is 4.74 Å². The van der Waals surface area contributed by atoms with Crippen LogP contribution < -0.4 is 0 Å². The lowest BCUT2D eigenvalue weighted by Gasteiger charge is -2.59. The summed E-state index contributed by atoms with van der Waals surface area (Å²) in [6.45, 7) is 5.65. The number of esters is 1. The number of carbonyl (C=O) groups excluding carboxylic acids is 1. The summed E-state index contributed by atoms with van der Waals surface area (Å²) in [5.74, 6) is -3.56. The van der Waals surface area contributed by atoms with Gasteiger partial charge in [0.2, 0.25) is 0 Å². The Hall–Kier alpha value is -1.44. The molecule has 0 aromatic carbocycles. The summed E-state index contributed by atoms with van der Waals surface area (Å²) in [6.07, 6.45) is -1.50. The molecule has 27 heavy (non-hydrogen) atoms. The topological polar surface area (TPSA) is 124 Å². The summed E-state index contributed by atoms with van der Waals surface area (Å²) < 4.78 is 5.49. The Morgan fingerprint density at radius 1 is 1.15 bits per heavy atom. The molecule has 7 heteroatoms. The number of hydrogen-bond donors (Lipinski definition) is 4. The summed E-state index contributed by atoms with van der Waals surface area (Å²) in [5.41, 5.74) is -2.11. The Balaban J connectivity index is 1.80. The molecular formula is C20H26O7. The number of carboxylic acid groups (broad SMARTS) is 1. The highest BCUT2D eigenvalue weighted by molar-refractivity contribution is 5.83. The fourth-order valence-corrected chi connectivity index (χ4v) is 8.30. The molecule has 5 fully saturated rings. The molecule has 0 aromatic rings. The number of fused-ring (bicyclic) bond motifs is 1. The maximum Gasteiger partial charge on any atom is 0.314 e. The van der Waals surface area contributed by atoms with E-state index in [2.05, 4.69) is 6.58 Å². The molecule has 4 N–H and O–H groups in total. The van der Waals surface area contributed by atoms with Crippen molar-refractivity contribution in [3.8, 4) is 0 Å². The molecule has 10 atom stereocenters. The largest absolute Gasteiger partial charge is 0.481 e. The van der Waals surface area contributed by atoms with Gasteiger partial charge in [-0.2, -0.15) is 0 Å². The van der Waals surface area contributed by atoms with Crippen molar-refractivity contribution < 1.29 is 34.8 Å². The van der Waals surface area contributed by atoms with Crippen molar-refractivity contribution in [3.63, 3.8) is 0 Å². The first-order valence-electron chi connectivity index (χ1n) is 9.71. The molecule has 1 spiro atoms. The Morgan fingerprint density at radius 3 is 2.52 bits per heavy atom. The van der Waals surface area contributed by atoms with Gasteiger partial charge in [-0.25, -0.2) is 0 Å². The number of ether oxygens (including phenoxy) is 1. The third kappa shape index (κ3) is 1.71. The minimum atomic E-state index is -1.51. The summed E-state index contributed by atoms with van der Waals surface area (Å²) in [4.78, 5) is 25.3. The number of carboxylic acids is 1. The van der Waals surface area contributed by atoms with Crippen LogP contribution in [0, 0.1) is 39.9 Å². The van der Waals surface area contributed by atoms with Gasteiger partial charge in [-0.3, -0.25) is 9.59 Å². The molecule has 1 heterocycles. The van der Waals surface area contributed by atoms with Crippen molar-refractivity contribution in [1.82, 2.24) is 0 Å². The first-order chi connectivity index (χ1) is 12.6. The van der Waals surface area contributed by atoms with E-state index in [9.17, 15) is 30.0 Å². The summed E-state index contributed by atoms with van der Waals surface area (Å²) in [6, 6.07) is 0. The van der Waals surface area contributed by atoms with Crippen LogP contribution in [0.4, 0.5) is 0 Å². The van der Waals surface area contributed by atoms with Gasteiger partial charge in [-0.15, -0.1) is 0 Å². The quantitative estimate of drug-likeness (QED) is 0.383. The van der Waals surface area contributed by atoms with Crippen molar-refractivity contribution in [2.24, 2.45) is 39.9 Å². The Morgan fingerprint density at radius 2 is 1.85 bits per heavy atom. The third-order valence-electron chi connectivity index (χ3n) is 8.87. The summed E-state index contributed by atoms with van der Waals surface area (Å²) in [5, 5.41) is 42.8. The van der Waals surface area contributed by atoms with Crippen LogP contribution in [-0.4, -0.2) is 57.3 Å². The normalized spacial score (nSPS) is 58.4. The predicted octanol–water partition coefficient (Wildman–Crippen LogP) is 0.325. The average molecular weight is 378 g/mol. The number of aliphatic hydroxyl groups is 3. The van der Waals surface area contributed by atoms with Gasteiger partial charge in [0.05, 0.1) is 36.3 Å². The van der Waals surface area contributed by atoms with Gasteiger partial charge < -0.3 is 25.2 Å². The maximum absolute atomic E-state index is 12.8. The van der Waals surface area contributed by atoms with E-state index in [-0.39, 0.29) is 18.9 Å². The van der Waals surface area contributed by atoms with Crippen molar-refractivity contribution >= 4 is 11.9 Å².